The highest BCUT2D eigenvalue weighted by Crippen LogP contribution is 2.16. The first-order chi connectivity index (χ1) is 9.60. The minimum absolute atomic E-state index is 0.176. The van der Waals surface area contributed by atoms with Crippen LogP contribution in [0.15, 0.2) is 36.4 Å². The molecule has 20 heavy (non-hydrogen) atoms. The number of rotatable bonds is 4. The van der Waals surface area contributed by atoms with Gasteiger partial charge in [0.05, 0.1) is 23.5 Å². The Balaban J connectivity index is 2.10. The van der Waals surface area contributed by atoms with Gasteiger partial charge in [-0.1, -0.05) is 17.7 Å². The number of carbonyl (C=O) groups excluding carboxylic acids is 1. The van der Waals surface area contributed by atoms with E-state index in [9.17, 15) is 4.79 Å². The minimum atomic E-state index is -0.176. The van der Waals surface area contributed by atoms with E-state index in [1.54, 1.807) is 12.1 Å². The van der Waals surface area contributed by atoms with E-state index >= 15 is 0 Å². The summed E-state index contributed by atoms with van der Waals surface area (Å²) in [5.74, 6) is 5.25. The van der Waals surface area contributed by atoms with Gasteiger partial charge >= 0.3 is 0 Å². The lowest BCUT2D eigenvalue weighted by Gasteiger charge is -2.10. The number of hydrogen-bond acceptors (Lipinski definition) is 4. The standard InChI is InChI=1S/C15H18N4O/c1-10-6-7-14(19-16)13(8-10)15(20)17-9-12-5-3-4-11(2)18-12/h3-8,19H,9,16H2,1-2H3,(H,17,20). The normalized spacial score (nSPS) is 10.2. The number of nitrogen functional groups attached to an aromatic ring is 1. The van der Waals surface area contributed by atoms with Crippen molar-refractivity contribution in [2.75, 3.05) is 5.43 Å². The van der Waals surface area contributed by atoms with E-state index in [0.717, 1.165) is 17.0 Å². The molecule has 1 aromatic heterocycles. The molecule has 4 N–H and O–H groups in total. The highest BCUT2D eigenvalue weighted by molar-refractivity contribution is 5.99. The highest BCUT2D eigenvalue weighted by Gasteiger charge is 2.11. The number of pyridine rings is 1. The third-order valence-corrected chi connectivity index (χ3v) is 2.95. The Labute approximate surface area is 118 Å². The van der Waals surface area contributed by atoms with Crippen molar-refractivity contribution in [2.24, 2.45) is 5.84 Å². The lowest BCUT2D eigenvalue weighted by Crippen LogP contribution is -2.25. The van der Waals surface area contributed by atoms with Gasteiger partial charge in [0.15, 0.2) is 0 Å². The van der Waals surface area contributed by atoms with Gasteiger partial charge in [0, 0.05) is 5.69 Å². The molecule has 104 valence electrons. The maximum absolute atomic E-state index is 12.2. The van der Waals surface area contributed by atoms with Crippen LogP contribution in [0.2, 0.25) is 0 Å². The van der Waals surface area contributed by atoms with Gasteiger partial charge in [0.2, 0.25) is 0 Å². The summed E-state index contributed by atoms with van der Waals surface area (Å²) in [7, 11) is 0. The van der Waals surface area contributed by atoms with E-state index in [1.807, 2.05) is 38.1 Å². The summed E-state index contributed by atoms with van der Waals surface area (Å²) in [4.78, 5) is 16.5. The molecule has 0 aliphatic rings. The molecule has 0 radical (unpaired) electrons. The molecule has 0 fully saturated rings. The number of nitrogens with two attached hydrogens (primary N) is 1. The van der Waals surface area contributed by atoms with Crippen molar-refractivity contribution >= 4 is 11.6 Å². The summed E-state index contributed by atoms with van der Waals surface area (Å²) in [6.45, 7) is 4.24. The van der Waals surface area contributed by atoms with Crippen LogP contribution in [0.25, 0.3) is 0 Å². The minimum Gasteiger partial charge on any atom is -0.346 e. The second-order valence-electron chi connectivity index (χ2n) is 4.65. The zero-order valence-electron chi connectivity index (χ0n) is 11.6. The van der Waals surface area contributed by atoms with E-state index in [-0.39, 0.29) is 5.91 Å². The molecule has 0 bridgehead atoms. The Morgan fingerprint density at radius 2 is 2.05 bits per heavy atom. The van der Waals surface area contributed by atoms with Gasteiger partial charge in [-0.15, -0.1) is 0 Å². The third kappa shape index (κ3) is 3.33. The van der Waals surface area contributed by atoms with E-state index in [1.165, 1.54) is 0 Å². The van der Waals surface area contributed by atoms with Crippen LogP contribution in [0.3, 0.4) is 0 Å². The predicted octanol–water partition coefficient (Wildman–Crippen LogP) is 1.91. The molecular formula is C15H18N4O. The molecule has 0 spiro atoms. The fourth-order valence-corrected chi connectivity index (χ4v) is 1.94. The summed E-state index contributed by atoms with van der Waals surface area (Å²) in [6.07, 6.45) is 0. The number of amides is 1. The van der Waals surface area contributed by atoms with Crippen LogP contribution in [-0.4, -0.2) is 10.9 Å². The molecule has 5 nitrogen and oxygen atoms in total. The van der Waals surface area contributed by atoms with Crippen LogP contribution in [0.4, 0.5) is 5.69 Å². The molecule has 0 saturated carbocycles. The number of anilines is 1. The fraction of sp³-hybridized carbons (Fsp3) is 0.200. The highest BCUT2D eigenvalue weighted by atomic mass is 16.1. The number of benzene rings is 1. The Hall–Kier alpha value is -2.40. The topological polar surface area (TPSA) is 80.0 Å². The van der Waals surface area contributed by atoms with Crippen LogP contribution in [-0.2, 0) is 6.54 Å². The molecule has 2 aromatic rings. The fourth-order valence-electron chi connectivity index (χ4n) is 1.94. The van der Waals surface area contributed by atoms with Gasteiger partial charge < -0.3 is 10.7 Å². The second kappa shape index (κ2) is 6.16. The second-order valence-corrected chi connectivity index (χ2v) is 4.65. The van der Waals surface area contributed by atoms with Gasteiger partial charge in [0.1, 0.15) is 0 Å². The number of hydrazine groups is 1. The summed E-state index contributed by atoms with van der Waals surface area (Å²) in [5.41, 5.74) is 6.42. The smallest absolute Gasteiger partial charge is 0.253 e. The summed E-state index contributed by atoms with van der Waals surface area (Å²) >= 11 is 0. The maximum atomic E-state index is 12.2. The van der Waals surface area contributed by atoms with Crippen LogP contribution in [0, 0.1) is 13.8 Å². The molecule has 1 aromatic carbocycles. The van der Waals surface area contributed by atoms with Crippen molar-refractivity contribution in [2.45, 2.75) is 20.4 Å². The Bertz CT molecular complexity index is 625. The molecule has 0 aliphatic heterocycles. The zero-order chi connectivity index (χ0) is 14.5. The molecule has 0 atom stereocenters. The first kappa shape index (κ1) is 14.0. The maximum Gasteiger partial charge on any atom is 0.253 e. The lowest BCUT2D eigenvalue weighted by atomic mass is 10.1. The monoisotopic (exact) mass is 270 g/mol. The molecule has 0 unspecified atom stereocenters. The van der Waals surface area contributed by atoms with Crippen LogP contribution >= 0.6 is 0 Å². The molecule has 0 saturated heterocycles. The van der Waals surface area contributed by atoms with E-state index < -0.39 is 0 Å². The van der Waals surface area contributed by atoms with Gasteiger partial charge in [-0.05, 0) is 38.1 Å². The zero-order valence-corrected chi connectivity index (χ0v) is 11.6. The van der Waals surface area contributed by atoms with Gasteiger partial charge in [0.25, 0.3) is 5.91 Å². The van der Waals surface area contributed by atoms with Gasteiger partial charge in [-0.2, -0.15) is 0 Å². The van der Waals surface area contributed by atoms with E-state index in [4.69, 9.17) is 5.84 Å². The average Bonchev–Trinajstić information content (AvgIpc) is 2.45. The van der Waals surface area contributed by atoms with Crippen molar-refractivity contribution in [3.05, 3.63) is 58.9 Å². The third-order valence-electron chi connectivity index (χ3n) is 2.95. The SMILES string of the molecule is Cc1ccc(NN)c(C(=O)NCc2cccc(C)n2)c1. The quantitative estimate of drug-likeness (QED) is 0.585. The van der Waals surface area contributed by atoms with Crippen molar-refractivity contribution in [3.8, 4) is 0 Å². The van der Waals surface area contributed by atoms with Crippen LogP contribution in [0.1, 0.15) is 27.3 Å². The summed E-state index contributed by atoms with van der Waals surface area (Å²) < 4.78 is 0. The van der Waals surface area contributed by atoms with Crippen molar-refractivity contribution in [1.82, 2.24) is 10.3 Å². The summed E-state index contributed by atoms with van der Waals surface area (Å²) in [5, 5.41) is 2.85. The number of carbonyl (C=O) groups is 1. The molecular weight excluding hydrogens is 252 g/mol. The first-order valence-corrected chi connectivity index (χ1v) is 6.38. The Morgan fingerprint density at radius 3 is 2.75 bits per heavy atom. The van der Waals surface area contributed by atoms with Gasteiger partial charge in [-0.25, -0.2) is 0 Å². The Kier molecular flexibility index (Phi) is 4.32. The molecule has 2 rings (SSSR count). The van der Waals surface area contributed by atoms with Gasteiger partial charge in [-0.3, -0.25) is 15.6 Å². The van der Waals surface area contributed by atoms with Crippen molar-refractivity contribution in [3.63, 3.8) is 0 Å². The molecule has 5 heteroatoms. The number of aromatic nitrogens is 1. The van der Waals surface area contributed by atoms with Crippen LogP contribution < -0.4 is 16.6 Å². The van der Waals surface area contributed by atoms with Crippen LogP contribution in [0.5, 0.6) is 0 Å². The molecule has 0 aliphatic carbocycles. The largest absolute Gasteiger partial charge is 0.346 e. The number of hydrogen-bond donors (Lipinski definition) is 3. The number of aryl methyl sites for hydroxylation is 2. The average molecular weight is 270 g/mol. The lowest BCUT2D eigenvalue weighted by molar-refractivity contribution is 0.0951. The number of nitrogens with one attached hydrogen (secondary N) is 2. The number of nitrogens with zero attached hydrogens (tertiary/aromatic N) is 1. The molecule has 1 amide bonds. The first-order valence-electron chi connectivity index (χ1n) is 6.38. The van der Waals surface area contributed by atoms with E-state index in [2.05, 4.69) is 15.7 Å². The summed E-state index contributed by atoms with van der Waals surface area (Å²) in [6, 6.07) is 11.2. The van der Waals surface area contributed by atoms with E-state index in [0.29, 0.717) is 17.8 Å². The Morgan fingerprint density at radius 1 is 1.25 bits per heavy atom. The molecule has 1 heterocycles. The van der Waals surface area contributed by atoms with Crippen molar-refractivity contribution < 1.29 is 4.79 Å². The predicted molar refractivity (Wildman–Crippen MR) is 79.1 cm³/mol. The van der Waals surface area contributed by atoms with Crippen molar-refractivity contribution in [1.29, 1.82) is 0 Å².